The Morgan fingerprint density at radius 3 is 2.83 bits per heavy atom. The molecule has 0 aliphatic carbocycles. The van der Waals surface area contributed by atoms with Crippen molar-refractivity contribution in [1.82, 2.24) is 5.32 Å². The number of aliphatic carboxylic acids is 1. The van der Waals surface area contributed by atoms with E-state index in [0.29, 0.717) is 47.5 Å². The van der Waals surface area contributed by atoms with E-state index in [1.165, 1.54) is 11.8 Å². The molecule has 6 nitrogen and oxygen atoms in total. The molecule has 1 unspecified atom stereocenters. The average molecular weight is 358 g/mol. The Morgan fingerprint density at radius 2 is 2.13 bits per heavy atom. The molecule has 2 heterocycles. The number of hydrogen-bond donors (Lipinski definition) is 2. The first-order valence-corrected chi connectivity index (χ1v) is 8.74. The predicted octanol–water partition coefficient (Wildman–Crippen LogP) is 1.73. The number of carboxylic acid groups (broad SMARTS) is 1. The molecule has 0 saturated carbocycles. The molecular weight excluding hydrogens is 342 g/mol. The smallest absolute Gasteiger partial charge is 0.330 e. The van der Waals surface area contributed by atoms with Crippen LogP contribution in [0, 0.1) is 0 Å². The molecule has 23 heavy (non-hydrogen) atoms. The van der Waals surface area contributed by atoms with E-state index in [1.54, 1.807) is 12.1 Å². The number of ether oxygens (including phenoxy) is 2. The lowest BCUT2D eigenvalue weighted by Gasteiger charge is -2.25. The zero-order chi connectivity index (χ0) is 16.4. The highest BCUT2D eigenvalue weighted by Crippen LogP contribution is 2.38. The van der Waals surface area contributed by atoms with Crippen LogP contribution in [0.15, 0.2) is 12.1 Å². The highest BCUT2D eigenvalue weighted by atomic mass is 35.5. The van der Waals surface area contributed by atoms with Gasteiger partial charge in [0.15, 0.2) is 11.5 Å². The number of carboxylic acids is 1. The van der Waals surface area contributed by atoms with Gasteiger partial charge < -0.3 is 19.9 Å². The summed E-state index contributed by atoms with van der Waals surface area (Å²) in [6.07, 6.45) is 0.469. The van der Waals surface area contributed by atoms with Crippen LogP contribution in [-0.2, 0) is 16.0 Å². The molecule has 1 fully saturated rings. The van der Waals surface area contributed by atoms with Crippen molar-refractivity contribution in [2.24, 2.45) is 0 Å². The quantitative estimate of drug-likeness (QED) is 0.853. The van der Waals surface area contributed by atoms with Gasteiger partial charge in [-0.3, -0.25) is 4.79 Å². The number of amides is 1. The topological polar surface area (TPSA) is 84.9 Å². The zero-order valence-electron chi connectivity index (χ0n) is 12.3. The van der Waals surface area contributed by atoms with E-state index in [0.717, 1.165) is 5.75 Å². The van der Waals surface area contributed by atoms with Gasteiger partial charge in [-0.25, -0.2) is 4.79 Å². The first kappa shape index (κ1) is 16.3. The number of carbonyl (C=O) groups is 2. The van der Waals surface area contributed by atoms with Crippen LogP contribution in [0.3, 0.4) is 0 Å². The number of hydrogen-bond acceptors (Lipinski definition) is 5. The largest absolute Gasteiger partial charge is 0.486 e. The second-order valence-corrected chi connectivity index (χ2v) is 7.03. The van der Waals surface area contributed by atoms with Gasteiger partial charge in [0.05, 0.1) is 11.4 Å². The number of benzene rings is 1. The maximum Gasteiger partial charge on any atom is 0.330 e. The summed E-state index contributed by atoms with van der Waals surface area (Å²) in [6, 6.07) is 3.35. The van der Waals surface area contributed by atoms with E-state index in [2.05, 4.69) is 5.32 Å². The summed E-state index contributed by atoms with van der Waals surface area (Å²) in [5.74, 6) is 0.768. The molecule has 0 spiro atoms. The Hall–Kier alpha value is -1.60. The predicted molar refractivity (Wildman–Crippen MR) is 86.6 cm³/mol. The van der Waals surface area contributed by atoms with Crippen LogP contribution in [0.25, 0.3) is 0 Å². The van der Waals surface area contributed by atoms with Crippen molar-refractivity contribution in [2.45, 2.75) is 18.4 Å². The second kappa shape index (κ2) is 6.49. The normalized spacial score (nSPS) is 22.7. The van der Waals surface area contributed by atoms with Gasteiger partial charge in [-0.05, 0) is 29.9 Å². The Balaban J connectivity index is 1.73. The highest BCUT2D eigenvalue weighted by molar-refractivity contribution is 7.99. The van der Waals surface area contributed by atoms with Crippen molar-refractivity contribution in [3.05, 3.63) is 22.7 Å². The summed E-state index contributed by atoms with van der Waals surface area (Å²) < 4.78 is 10.9. The summed E-state index contributed by atoms with van der Waals surface area (Å²) in [5.41, 5.74) is -0.512. The first-order chi connectivity index (χ1) is 11.0. The van der Waals surface area contributed by atoms with Crippen molar-refractivity contribution in [3.8, 4) is 11.5 Å². The molecule has 0 bridgehead atoms. The SMILES string of the molecule is O=C(Cc1cc(Cl)c2c(c1)OCCO2)NC1(C(=O)O)CCSC1. The molecule has 124 valence electrons. The molecule has 0 radical (unpaired) electrons. The standard InChI is InChI=1S/C15H16ClNO5S/c16-10-5-9(6-11-13(10)22-3-2-21-11)7-12(18)17-15(14(19)20)1-4-23-8-15/h5-6H,1-4,7-8H2,(H,17,18)(H,19,20). The molecule has 1 saturated heterocycles. The maximum absolute atomic E-state index is 12.3. The molecule has 3 rings (SSSR count). The Labute approximate surface area is 142 Å². The Kier molecular flexibility index (Phi) is 4.59. The third-order valence-corrected chi connectivity index (χ3v) is 5.30. The second-order valence-electron chi connectivity index (χ2n) is 5.52. The summed E-state index contributed by atoms with van der Waals surface area (Å²) in [5, 5.41) is 12.4. The number of fused-ring (bicyclic) bond motifs is 1. The molecule has 0 aromatic heterocycles. The van der Waals surface area contributed by atoms with Gasteiger partial charge in [0, 0.05) is 5.75 Å². The monoisotopic (exact) mass is 357 g/mol. The Bertz CT molecular complexity index is 645. The van der Waals surface area contributed by atoms with Gasteiger partial charge in [0.1, 0.15) is 18.8 Å². The van der Waals surface area contributed by atoms with E-state index >= 15 is 0 Å². The molecule has 2 aliphatic heterocycles. The van der Waals surface area contributed by atoms with Gasteiger partial charge in [0.2, 0.25) is 5.91 Å². The van der Waals surface area contributed by atoms with E-state index in [-0.39, 0.29) is 12.3 Å². The maximum atomic E-state index is 12.3. The van der Waals surface area contributed by atoms with E-state index in [9.17, 15) is 14.7 Å². The number of thioether (sulfide) groups is 1. The highest BCUT2D eigenvalue weighted by Gasteiger charge is 2.43. The zero-order valence-corrected chi connectivity index (χ0v) is 13.8. The first-order valence-electron chi connectivity index (χ1n) is 7.20. The fraction of sp³-hybridized carbons (Fsp3) is 0.467. The lowest BCUT2D eigenvalue weighted by Crippen LogP contribution is -2.55. The number of halogens is 1. The van der Waals surface area contributed by atoms with Crippen LogP contribution in [0.2, 0.25) is 5.02 Å². The average Bonchev–Trinajstić information content (AvgIpc) is 2.97. The lowest BCUT2D eigenvalue weighted by molar-refractivity contribution is -0.146. The van der Waals surface area contributed by atoms with Crippen molar-refractivity contribution in [1.29, 1.82) is 0 Å². The molecule has 1 atom stereocenters. The van der Waals surface area contributed by atoms with Crippen molar-refractivity contribution < 1.29 is 24.2 Å². The van der Waals surface area contributed by atoms with Gasteiger partial charge in [-0.15, -0.1) is 0 Å². The molecular formula is C15H16ClNO5S. The van der Waals surface area contributed by atoms with Crippen LogP contribution in [0.5, 0.6) is 11.5 Å². The molecule has 2 N–H and O–H groups in total. The summed E-state index contributed by atoms with van der Waals surface area (Å²) in [7, 11) is 0. The van der Waals surface area contributed by atoms with Crippen LogP contribution in [0.4, 0.5) is 0 Å². The molecule has 8 heteroatoms. The molecule has 1 aromatic rings. The third kappa shape index (κ3) is 3.35. The minimum atomic E-state index is -1.17. The van der Waals surface area contributed by atoms with Crippen molar-refractivity contribution in [2.75, 3.05) is 24.7 Å². The van der Waals surface area contributed by atoms with Gasteiger partial charge in [-0.1, -0.05) is 11.6 Å². The fourth-order valence-corrected chi connectivity index (χ4v) is 4.26. The summed E-state index contributed by atoms with van der Waals surface area (Å²) >= 11 is 7.67. The van der Waals surface area contributed by atoms with Crippen LogP contribution >= 0.6 is 23.4 Å². The van der Waals surface area contributed by atoms with Crippen molar-refractivity contribution in [3.63, 3.8) is 0 Å². The third-order valence-electron chi connectivity index (χ3n) is 3.83. The summed E-state index contributed by atoms with van der Waals surface area (Å²) in [6.45, 7) is 0.865. The van der Waals surface area contributed by atoms with Crippen LogP contribution < -0.4 is 14.8 Å². The number of carbonyl (C=O) groups excluding carboxylic acids is 1. The number of rotatable bonds is 4. The van der Waals surface area contributed by atoms with E-state index in [4.69, 9.17) is 21.1 Å². The number of nitrogens with one attached hydrogen (secondary N) is 1. The van der Waals surface area contributed by atoms with E-state index < -0.39 is 11.5 Å². The minimum absolute atomic E-state index is 0.0378. The van der Waals surface area contributed by atoms with Crippen LogP contribution in [-0.4, -0.2) is 47.2 Å². The Morgan fingerprint density at radius 1 is 1.35 bits per heavy atom. The fourth-order valence-electron chi connectivity index (χ4n) is 2.65. The minimum Gasteiger partial charge on any atom is -0.486 e. The van der Waals surface area contributed by atoms with E-state index in [1.807, 2.05) is 0 Å². The lowest BCUT2D eigenvalue weighted by atomic mass is 9.98. The van der Waals surface area contributed by atoms with Gasteiger partial charge in [0.25, 0.3) is 0 Å². The molecule has 1 amide bonds. The van der Waals surface area contributed by atoms with Gasteiger partial charge >= 0.3 is 5.97 Å². The molecule has 2 aliphatic rings. The van der Waals surface area contributed by atoms with Gasteiger partial charge in [-0.2, -0.15) is 11.8 Å². The molecule has 1 aromatic carbocycles. The van der Waals surface area contributed by atoms with Crippen LogP contribution in [0.1, 0.15) is 12.0 Å². The summed E-state index contributed by atoms with van der Waals surface area (Å²) in [4.78, 5) is 23.7. The van der Waals surface area contributed by atoms with Crippen molar-refractivity contribution >= 4 is 35.2 Å².